The summed E-state index contributed by atoms with van der Waals surface area (Å²) >= 11 is 0. The number of rotatable bonds is 5. The Balaban J connectivity index is 1.61. The van der Waals surface area contributed by atoms with Crippen molar-refractivity contribution in [2.75, 3.05) is 5.75 Å². The summed E-state index contributed by atoms with van der Waals surface area (Å²) in [5, 5.41) is 0. The molecule has 0 atom stereocenters. The van der Waals surface area contributed by atoms with Crippen molar-refractivity contribution in [1.29, 1.82) is 0 Å². The van der Waals surface area contributed by atoms with Crippen molar-refractivity contribution in [3.8, 4) is 22.7 Å². The molecule has 1 aromatic carbocycles. The number of fused-ring (bicyclic) bond motifs is 1. The van der Waals surface area contributed by atoms with Crippen LogP contribution in [0, 0.1) is 0 Å². The van der Waals surface area contributed by atoms with Crippen molar-refractivity contribution in [3.63, 3.8) is 0 Å². The molecule has 1 saturated carbocycles. The third-order valence-corrected chi connectivity index (χ3v) is 7.38. The highest BCUT2D eigenvalue weighted by Gasteiger charge is 2.32. The zero-order valence-electron chi connectivity index (χ0n) is 17.4. The number of halogens is 3. The summed E-state index contributed by atoms with van der Waals surface area (Å²) in [5.41, 5.74) is 1.33. The van der Waals surface area contributed by atoms with E-state index in [2.05, 4.69) is 15.0 Å². The van der Waals surface area contributed by atoms with Gasteiger partial charge in [-0.25, -0.2) is 23.4 Å². The summed E-state index contributed by atoms with van der Waals surface area (Å²) in [7, 11) is -3.75. The second-order valence-electron chi connectivity index (χ2n) is 7.94. The van der Waals surface area contributed by atoms with E-state index in [1.807, 2.05) is 24.3 Å². The molecular weight excluding hydrogens is 455 g/mol. The highest BCUT2D eigenvalue weighted by molar-refractivity contribution is 7.91. The normalized spacial score (nSPS) is 14.7. The van der Waals surface area contributed by atoms with Gasteiger partial charge in [0.25, 0.3) is 0 Å². The Bertz CT molecular complexity index is 1460. The summed E-state index contributed by atoms with van der Waals surface area (Å²) in [5.74, 6) is 0.198. The maximum atomic E-state index is 13.0. The number of aromatic nitrogens is 3. The van der Waals surface area contributed by atoms with Gasteiger partial charge in [0.2, 0.25) is 11.6 Å². The predicted octanol–water partition coefficient (Wildman–Crippen LogP) is 5.64. The van der Waals surface area contributed by atoms with E-state index in [9.17, 15) is 21.6 Å². The summed E-state index contributed by atoms with van der Waals surface area (Å²) in [4.78, 5) is 11.9. The van der Waals surface area contributed by atoms with Crippen molar-refractivity contribution in [1.82, 2.24) is 15.0 Å². The lowest BCUT2D eigenvalue weighted by molar-refractivity contribution is -0.137. The van der Waals surface area contributed by atoms with Crippen LogP contribution in [0.25, 0.3) is 33.9 Å². The molecule has 1 fully saturated rings. The average molecular weight is 473 g/mol. The van der Waals surface area contributed by atoms with Crippen LogP contribution in [0.3, 0.4) is 0 Å². The maximum absolute atomic E-state index is 13.0. The zero-order chi connectivity index (χ0) is 23.4. The first kappa shape index (κ1) is 21.6. The number of hydrogen-bond donors (Lipinski definition) is 0. The lowest BCUT2D eigenvalue weighted by Gasteiger charge is -2.09. The molecule has 33 heavy (non-hydrogen) atoms. The van der Waals surface area contributed by atoms with E-state index < -0.39 is 21.6 Å². The first-order valence-corrected chi connectivity index (χ1v) is 12.0. The largest absolute Gasteiger partial charge is 0.417 e. The minimum Gasteiger partial charge on any atom is -0.416 e. The van der Waals surface area contributed by atoms with Crippen LogP contribution in [0.2, 0.25) is 0 Å². The van der Waals surface area contributed by atoms with E-state index in [1.54, 1.807) is 0 Å². The number of alkyl halides is 3. The Morgan fingerprint density at radius 3 is 2.39 bits per heavy atom. The molecule has 1 aliphatic carbocycles. The van der Waals surface area contributed by atoms with Crippen LogP contribution in [-0.4, -0.2) is 29.1 Å². The van der Waals surface area contributed by atoms with Gasteiger partial charge in [-0.05, 0) is 42.0 Å². The zero-order valence-corrected chi connectivity index (χ0v) is 18.2. The molecule has 6 nitrogen and oxygen atoms in total. The van der Waals surface area contributed by atoms with Gasteiger partial charge in [-0.15, -0.1) is 0 Å². The summed E-state index contributed by atoms with van der Waals surface area (Å²) in [6.45, 7) is 1.50. The van der Waals surface area contributed by atoms with E-state index >= 15 is 0 Å². The van der Waals surface area contributed by atoms with Crippen molar-refractivity contribution in [2.24, 2.45) is 0 Å². The standard InChI is InChI=1S/C23H18F3N3O3S/c1-2-33(30,31)19-9-16(15-7-5-14(6-8-15)13-3-4-13)11-27-20(19)22-29-18-10-17(23(24,25)26)12-28-21(18)32-22/h5-13H,2-4H2,1H3. The summed E-state index contributed by atoms with van der Waals surface area (Å²) in [6, 6.07) is 10.2. The molecule has 0 amide bonds. The molecule has 0 aliphatic heterocycles. The lowest BCUT2D eigenvalue weighted by Crippen LogP contribution is -2.07. The van der Waals surface area contributed by atoms with Gasteiger partial charge in [0.15, 0.2) is 9.84 Å². The Morgan fingerprint density at radius 2 is 1.76 bits per heavy atom. The van der Waals surface area contributed by atoms with Crippen molar-refractivity contribution in [2.45, 2.75) is 36.8 Å². The van der Waals surface area contributed by atoms with E-state index in [0.29, 0.717) is 17.7 Å². The van der Waals surface area contributed by atoms with Gasteiger partial charge >= 0.3 is 6.18 Å². The number of benzene rings is 1. The van der Waals surface area contributed by atoms with Gasteiger partial charge in [-0.1, -0.05) is 31.2 Å². The molecule has 0 N–H and O–H groups in total. The van der Waals surface area contributed by atoms with Gasteiger partial charge < -0.3 is 4.42 Å². The van der Waals surface area contributed by atoms with Gasteiger partial charge in [-0.3, -0.25) is 0 Å². The summed E-state index contributed by atoms with van der Waals surface area (Å²) < 4.78 is 70.2. The Labute approximate surface area is 187 Å². The van der Waals surface area contributed by atoms with E-state index in [-0.39, 0.29) is 33.5 Å². The predicted molar refractivity (Wildman–Crippen MR) is 115 cm³/mol. The molecule has 3 heterocycles. The maximum Gasteiger partial charge on any atom is 0.417 e. The third kappa shape index (κ3) is 4.10. The fourth-order valence-corrected chi connectivity index (χ4v) is 4.65. The fourth-order valence-electron chi connectivity index (χ4n) is 3.60. The molecule has 1 aliphatic rings. The number of oxazole rings is 1. The monoisotopic (exact) mass is 473 g/mol. The molecule has 0 spiro atoms. The molecular formula is C23H18F3N3O3S. The number of nitrogens with zero attached hydrogens (tertiary/aromatic N) is 3. The second kappa shape index (κ2) is 7.65. The van der Waals surface area contributed by atoms with Crippen molar-refractivity contribution < 1.29 is 26.0 Å². The van der Waals surface area contributed by atoms with Crippen LogP contribution in [0.4, 0.5) is 13.2 Å². The van der Waals surface area contributed by atoms with Gasteiger partial charge in [-0.2, -0.15) is 13.2 Å². The quantitative estimate of drug-likeness (QED) is 0.373. The third-order valence-electron chi connectivity index (χ3n) is 5.64. The lowest BCUT2D eigenvalue weighted by atomic mass is 10.0. The minimum absolute atomic E-state index is 0.0678. The van der Waals surface area contributed by atoms with Crippen molar-refractivity contribution >= 4 is 21.1 Å². The number of sulfone groups is 1. The Hall–Kier alpha value is -3.27. The fraction of sp³-hybridized carbons (Fsp3) is 0.261. The van der Waals surface area contributed by atoms with Crippen LogP contribution in [0.15, 0.2) is 58.1 Å². The molecule has 3 aromatic heterocycles. The summed E-state index contributed by atoms with van der Waals surface area (Å²) in [6.07, 6.45) is -0.0923. The van der Waals surface area contributed by atoms with E-state index in [1.165, 1.54) is 37.6 Å². The van der Waals surface area contributed by atoms with Crippen LogP contribution in [-0.2, 0) is 16.0 Å². The highest BCUT2D eigenvalue weighted by Crippen LogP contribution is 2.41. The van der Waals surface area contributed by atoms with Gasteiger partial charge in [0.1, 0.15) is 11.2 Å². The van der Waals surface area contributed by atoms with Gasteiger partial charge in [0, 0.05) is 18.0 Å². The molecule has 5 rings (SSSR count). The highest BCUT2D eigenvalue weighted by atomic mass is 32.2. The van der Waals surface area contributed by atoms with Crippen LogP contribution in [0.1, 0.15) is 36.8 Å². The first-order chi connectivity index (χ1) is 15.7. The molecule has 10 heteroatoms. The topological polar surface area (TPSA) is 86.0 Å². The van der Waals surface area contributed by atoms with Crippen LogP contribution < -0.4 is 0 Å². The second-order valence-corrected chi connectivity index (χ2v) is 10.2. The van der Waals surface area contributed by atoms with Crippen LogP contribution >= 0.6 is 0 Å². The average Bonchev–Trinajstić information content (AvgIpc) is 3.56. The SMILES string of the molecule is CCS(=O)(=O)c1cc(-c2ccc(C3CC3)cc2)cnc1-c1nc2cc(C(F)(F)F)cnc2o1. The number of pyridine rings is 2. The molecule has 0 bridgehead atoms. The van der Waals surface area contributed by atoms with Gasteiger partial charge in [0.05, 0.1) is 16.2 Å². The van der Waals surface area contributed by atoms with E-state index in [4.69, 9.17) is 4.42 Å². The molecule has 4 aromatic rings. The molecule has 0 saturated heterocycles. The van der Waals surface area contributed by atoms with Crippen LogP contribution in [0.5, 0.6) is 0 Å². The molecule has 0 unspecified atom stereocenters. The molecule has 170 valence electrons. The number of hydrogen-bond acceptors (Lipinski definition) is 6. The Kier molecular flexibility index (Phi) is 5.00. The van der Waals surface area contributed by atoms with E-state index in [0.717, 1.165) is 11.6 Å². The molecule has 0 radical (unpaired) electrons. The minimum atomic E-state index is -4.59. The smallest absolute Gasteiger partial charge is 0.416 e. The Morgan fingerprint density at radius 1 is 1.03 bits per heavy atom. The van der Waals surface area contributed by atoms with Crippen molar-refractivity contribution in [3.05, 3.63) is 59.9 Å². The first-order valence-electron chi connectivity index (χ1n) is 10.3.